The predicted molar refractivity (Wildman–Crippen MR) is 44.7 cm³/mol. The number of carbonyl (C=O) groups is 1. The van der Waals surface area contributed by atoms with Gasteiger partial charge in [0.15, 0.2) is 0 Å². The lowest BCUT2D eigenvalue weighted by Gasteiger charge is -2.12. The Hall–Kier alpha value is -0.570. The van der Waals surface area contributed by atoms with Crippen LogP contribution in [-0.2, 0) is 4.79 Å². The summed E-state index contributed by atoms with van der Waals surface area (Å²) in [6, 6.07) is 0. The normalized spacial score (nSPS) is 28.1. The first-order chi connectivity index (χ1) is 5.56. The summed E-state index contributed by atoms with van der Waals surface area (Å²) in [5.41, 5.74) is 5.54. The molecule has 0 saturated heterocycles. The summed E-state index contributed by atoms with van der Waals surface area (Å²) in [7, 11) is 0. The van der Waals surface area contributed by atoms with Gasteiger partial charge in [-0.05, 0) is 38.5 Å². The van der Waals surface area contributed by atoms with Gasteiger partial charge in [-0.25, -0.2) is 0 Å². The van der Waals surface area contributed by atoms with Crippen molar-refractivity contribution >= 4 is 5.97 Å². The van der Waals surface area contributed by atoms with Crippen LogP contribution < -0.4 is 5.73 Å². The van der Waals surface area contributed by atoms with E-state index in [1.807, 2.05) is 0 Å². The molecule has 2 rings (SSSR count). The quantitative estimate of drug-likeness (QED) is 0.663. The minimum atomic E-state index is -0.619. The molecule has 12 heavy (non-hydrogen) atoms. The average molecular weight is 169 g/mol. The molecule has 2 fully saturated rings. The van der Waals surface area contributed by atoms with E-state index in [-0.39, 0.29) is 11.0 Å². The molecular formula is C9H15NO2. The van der Waals surface area contributed by atoms with E-state index < -0.39 is 5.97 Å². The standard InChI is InChI=1S/C9H15NO2/c10-9(5-6-9)4-3-8(1-2-8)7(11)12/h1-6,10H2,(H,11,12). The molecule has 2 aliphatic carbocycles. The molecule has 0 aromatic carbocycles. The third-order valence-electron chi connectivity index (χ3n) is 3.30. The Morgan fingerprint density at radius 1 is 1.25 bits per heavy atom. The summed E-state index contributed by atoms with van der Waals surface area (Å²) in [5.74, 6) is -0.619. The van der Waals surface area contributed by atoms with Gasteiger partial charge in [0.25, 0.3) is 0 Å². The highest BCUT2D eigenvalue weighted by Gasteiger charge is 2.52. The molecule has 2 saturated carbocycles. The van der Waals surface area contributed by atoms with Gasteiger partial charge in [0.2, 0.25) is 0 Å². The van der Waals surface area contributed by atoms with Gasteiger partial charge in [0, 0.05) is 5.54 Å². The van der Waals surface area contributed by atoms with Crippen molar-refractivity contribution in [3.63, 3.8) is 0 Å². The van der Waals surface area contributed by atoms with Gasteiger partial charge in [0.1, 0.15) is 0 Å². The summed E-state index contributed by atoms with van der Waals surface area (Å²) >= 11 is 0. The molecule has 0 atom stereocenters. The fourth-order valence-electron chi connectivity index (χ4n) is 1.62. The topological polar surface area (TPSA) is 63.3 Å². The summed E-state index contributed by atoms with van der Waals surface area (Å²) in [6.45, 7) is 0. The molecule has 0 aromatic rings. The Balaban J connectivity index is 1.83. The lowest BCUT2D eigenvalue weighted by Crippen LogP contribution is -2.25. The first kappa shape index (κ1) is 8.05. The van der Waals surface area contributed by atoms with Gasteiger partial charge in [-0.2, -0.15) is 0 Å². The summed E-state index contributed by atoms with van der Waals surface area (Å²) in [6.07, 6.45) is 5.58. The van der Waals surface area contributed by atoms with Crippen molar-refractivity contribution in [2.45, 2.75) is 44.1 Å². The lowest BCUT2D eigenvalue weighted by molar-refractivity contribution is -0.143. The van der Waals surface area contributed by atoms with Crippen LogP contribution in [0.25, 0.3) is 0 Å². The third-order valence-corrected chi connectivity index (χ3v) is 3.30. The van der Waals surface area contributed by atoms with Crippen molar-refractivity contribution in [3.8, 4) is 0 Å². The second-order valence-corrected chi connectivity index (χ2v) is 4.45. The second-order valence-electron chi connectivity index (χ2n) is 4.45. The Kier molecular flexibility index (Phi) is 1.49. The number of nitrogens with two attached hydrogens (primary N) is 1. The monoisotopic (exact) mass is 169 g/mol. The molecule has 0 spiro atoms. The molecule has 0 aliphatic heterocycles. The van der Waals surface area contributed by atoms with E-state index >= 15 is 0 Å². The minimum Gasteiger partial charge on any atom is -0.481 e. The van der Waals surface area contributed by atoms with Crippen LogP contribution in [0.15, 0.2) is 0 Å². The maximum absolute atomic E-state index is 10.8. The molecule has 0 amide bonds. The Morgan fingerprint density at radius 3 is 2.17 bits per heavy atom. The highest BCUT2D eigenvalue weighted by molar-refractivity contribution is 5.77. The fraction of sp³-hybridized carbons (Fsp3) is 0.889. The molecule has 0 aromatic heterocycles. The minimum absolute atomic E-state index is 0.0189. The van der Waals surface area contributed by atoms with Crippen LogP contribution in [0.1, 0.15) is 38.5 Å². The van der Waals surface area contributed by atoms with Gasteiger partial charge in [-0.3, -0.25) is 4.79 Å². The van der Waals surface area contributed by atoms with E-state index in [9.17, 15) is 4.79 Å². The van der Waals surface area contributed by atoms with Crippen LogP contribution in [0.5, 0.6) is 0 Å². The van der Waals surface area contributed by atoms with E-state index in [1.54, 1.807) is 0 Å². The Bertz CT molecular complexity index is 217. The predicted octanol–water partition coefficient (Wildman–Crippen LogP) is 1.12. The smallest absolute Gasteiger partial charge is 0.309 e. The average Bonchev–Trinajstić information content (AvgIpc) is 2.82. The van der Waals surface area contributed by atoms with Gasteiger partial charge in [-0.1, -0.05) is 0 Å². The summed E-state index contributed by atoms with van der Waals surface area (Å²) in [5, 5.41) is 8.88. The number of hydrogen-bond acceptors (Lipinski definition) is 2. The molecule has 3 nitrogen and oxygen atoms in total. The number of aliphatic carboxylic acids is 1. The van der Waals surface area contributed by atoms with Crippen LogP contribution in [0.2, 0.25) is 0 Å². The van der Waals surface area contributed by atoms with Gasteiger partial charge in [0.05, 0.1) is 5.41 Å². The number of carboxylic acid groups (broad SMARTS) is 1. The lowest BCUT2D eigenvalue weighted by atomic mass is 9.96. The molecular weight excluding hydrogens is 154 g/mol. The molecule has 3 N–H and O–H groups in total. The van der Waals surface area contributed by atoms with Crippen molar-refractivity contribution in [1.82, 2.24) is 0 Å². The van der Waals surface area contributed by atoms with E-state index in [2.05, 4.69) is 0 Å². The van der Waals surface area contributed by atoms with Crippen molar-refractivity contribution in [2.24, 2.45) is 11.1 Å². The van der Waals surface area contributed by atoms with Gasteiger partial charge < -0.3 is 10.8 Å². The Labute approximate surface area is 71.9 Å². The molecule has 0 unspecified atom stereocenters. The van der Waals surface area contributed by atoms with Crippen molar-refractivity contribution in [2.75, 3.05) is 0 Å². The van der Waals surface area contributed by atoms with Gasteiger partial charge in [-0.15, -0.1) is 0 Å². The van der Waals surface area contributed by atoms with E-state index in [0.717, 1.165) is 38.5 Å². The maximum atomic E-state index is 10.8. The highest BCUT2D eigenvalue weighted by Crippen LogP contribution is 2.52. The zero-order valence-corrected chi connectivity index (χ0v) is 7.18. The number of rotatable bonds is 4. The van der Waals surface area contributed by atoms with Gasteiger partial charge >= 0.3 is 5.97 Å². The molecule has 0 radical (unpaired) electrons. The van der Waals surface area contributed by atoms with Crippen molar-refractivity contribution < 1.29 is 9.90 Å². The molecule has 0 heterocycles. The van der Waals surface area contributed by atoms with E-state index in [0.29, 0.717) is 0 Å². The molecule has 0 bridgehead atoms. The van der Waals surface area contributed by atoms with Crippen LogP contribution >= 0.6 is 0 Å². The van der Waals surface area contributed by atoms with Crippen LogP contribution in [0.3, 0.4) is 0 Å². The molecule has 2 aliphatic rings. The summed E-state index contributed by atoms with van der Waals surface area (Å²) in [4.78, 5) is 10.8. The molecule has 68 valence electrons. The summed E-state index contributed by atoms with van der Waals surface area (Å²) < 4.78 is 0. The Morgan fingerprint density at radius 2 is 1.83 bits per heavy atom. The van der Waals surface area contributed by atoms with E-state index in [4.69, 9.17) is 10.8 Å². The SMILES string of the molecule is NC1(CCC2(C(=O)O)CC2)CC1. The molecule has 3 heteroatoms. The van der Waals surface area contributed by atoms with Crippen LogP contribution in [0, 0.1) is 5.41 Å². The second kappa shape index (κ2) is 2.22. The maximum Gasteiger partial charge on any atom is 0.309 e. The van der Waals surface area contributed by atoms with E-state index in [1.165, 1.54) is 0 Å². The number of carboxylic acids is 1. The number of hydrogen-bond donors (Lipinski definition) is 2. The first-order valence-corrected chi connectivity index (χ1v) is 4.59. The van der Waals surface area contributed by atoms with Crippen molar-refractivity contribution in [3.05, 3.63) is 0 Å². The highest BCUT2D eigenvalue weighted by atomic mass is 16.4. The largest absolute Gasteiger partial charge is 0.481 e. The zero-order valence-electron chi connectivity index (χ0n) is 7.18. The van der Waals surface area contributed by atoms with Crippen LogP contribution in [-0.4, -0.2) is 16.6 Å². The third kappa shape index (κ3) is 1.33. The van der Waals surface area contributed by atoms with Crippen molar-refractivity contribution in [1.29, 1.82) is 0 Å². The zero-order chi connectivity index (χ0) is 8.82. The first-order valence-electron chi connectivity index (χ1n) is 4.59. The fourth-order valence-corrected chi connectivity index (χ4v) is 1.62. The van der Waals surface area contributed by atoms with Crippen LogP contribution in [0.4, 0.5) is 0 Å².